The SMILES string of the molecule is C=CCOC[C@H](O)CN(Cc1c(C)nn(-c2ccccc2)c1Oc1ccc(F)cc1F)CC1CC1. The molecular formula is C27H31F2N3O3. The first-order valence-electron chi connectivity index (χ1n) is 11.8. The summed E-state index contributed by atoms with van der Waals surface area (Å²) in [7, 11) is 0. The molecule has 2 aromatic carbocycles. The predicted octanol–water partition coefficient (Wildman–Crippen LogP) is 5.03. The van der Waals surface area contributed by atoms with Gasteiger partial charge >= 0.3 is 0 Å². The van der Waals surface area contributed by atoms with Crippen molar-refractivity contribution in [2.45, 2.75) is 32.4 Å². The van der Waals surface area contributed by atoms with Crippen LogP contribution in [0.25, 0.3) is 5.69 Å². The molecule has 0 unspecified atom stereocenters. The molecule has 35 heavy (non-hydrogen) atoms. The van der Waals surface area contributed by atoms with E-state index in [1.807, 2.05) is 37.3 Å². The van der Waals surface area contributed by atoms with E-state index in [-0.39, 0.29) is 12.4 Å². The molecule has 1 aliphatic rings. The van der Waals surface area contributed by atoms with E-state index in [2.05, 4.69) is 16.6 Å². The Bertz CT molecular complexity index is 1130. The molecule has 1 aliphatic carbocycles. The fraction of sp³-hybridized carbons (Fsp3) is 0.370. The molecule has 0 saturated heterocycles. The van der Waals surface area contributed by atoms with Crippen molar-refractivity contribution in [1.82, 2.24) is 14.7 Å². The summed E-state index contributed by atoms with van der Waals surface area (Å²) in [5, 5.41) is 15.2. The number of hydrogen-bond acceptors (Lipinski definition) is 5. The molecule has 0 spiro atoms. The number of halogens is 2. The van der Waals surface area contributed by atoms with Crippen LogP contribution in [0.3, 0.4) is 0 Å². The molecule has 6 nitrogen and oxygen atoms in total. The summed E-state index contributed by atoms with van der Waals surface area (Å²) in [6.07, 6.45) is 3.30. The number of para-hydroxylation sites is 1. The lowest BCUT2D eigenvalue weighted by molar-refractivity contribution is 0.0235. The van der Waals surface area contributed by atoms with Gasteiger partial charge in [-0.2, -0.15) is 5.10 Å². The van der Waals surface area contributed by atoms with Crippen LogP contribution >= 0.6 is 0 Å². The quantitative estimate of drug-likeness (QED) is 0.273. The van der Waals surface area contributed by atoms with Crippen LogP contribution in [0.15, 0.2) is 61.2 Å². The monoisotopic (exact) mass is 483 g/mol. The lowest BCUT2D eigenvalue weighted by Gasteiger charge is -2.25. The lowest BCUT2D eigenvalue weighted by Crippen LogP contribution is -2.36. The standard InChI is InChI=1S/C27H31F2N3O3/c1-3-13-34-18-23(33)16-31(15-20-9-10-20)17-24-19(2)30-32(22-7-5-4-6-8-22)27(24)35-26-12-11-21(28)14-25(26)29/h3-8,11-12,14,20,23,33H,1,9-10,13,15-18H2,2H3/t23-/m1/s1. The predicted molar refractivity (Wildman–Crippen MR) is 130 cm³/mol. The zero-order valence-corrected chi connectivity index (χ0v) is 19.9. The molecule has 8 heteroatoms. The Balaban J connectivity index is 1.65. The molecule has 1 heterocycles. The number of aryl methyl sites for hydroxylation is 1. The molecule has 1 fully saturated rings. The zero-order valence-electron chi connectivity index (χ0n) is 19.9. The van der Waals surface area contributed by atoms with Gasteiger partial charge in [0.05, 0.1) is 36.3 Å². The van der Waals surface area contributed by atoms with Crippen LogP contribution in [0, 0.1) is 24.5 Å². The van der Waals surface area contributed by atoms with Crippen LogP contribution in [0.5, 0.6) is 11.6 Å². The zero-order chi connectivity index (χ0) is 24.8. The summed E-state index contributed by atoms with van der Waals surface area (Å²) in [5.41, 5.74) is 2.26. The third kappa shape index (κ3) is 6.75. The van der Waals surface area contributed by atoms with Crippen LogP contribution in [-0.4, -0.2) is 52.2 Å². The van der Waals surface area contributed by atoms with Gasteiger partial charge in [-0.15, -0.1) is 6.58 Å². The van der Waals surface area contributed by atoms with Gasteiger partial charge in [0.2, 0.25) is 5.88 Å². The molecule has 0 bridgehead atoms. The fourth-order valence-corrected chi connectivity index (χ4v) is 3.96. The minimum absolute atomic E-state index is 0.0867. The van der Waals surface area contributed by atoms with Crippen molar-refractivity contribution in [3.63, 3.8) is 0 Å². The van der Waals surface area contributed by atoms with Gasteiger partial charge in [0.15, 0.2) is 11.6 Å². The van der Waals surface area contributed by atoms with Crippen molar-refractivity contribution in [3.05, 3.63) is 84.1 Å². The van der Waals surface area contributed by atoms with Gasteiger partial charge in [0.25, 0.3) is 0 Å². The van der Waals surface area contributed by atoms with Gasteiger partial charge in [-0.05, 0) is 49.9 Å². The largest absolute Gasteiger partial charge is 0.435 e. The highest BCUT2D eigenvalue weighted by molar-refractivity contribution is 5.43. The molecular weight excluding hydrogens is 452 g/mol. The second-order valence-corrected chi connectivity index (χ2v) is 8.91. The average molecular weight is 484 g/mol. The Labute approximate surface area is 204 Å². The van der Waals surface area contributed by atoms with Gasteiger partial charge in [-0.1, -0.05) is 24.3 Å². The van der Waals surface area contributed by atoms with Crippen molar-refractivity contribution in [2.75, 3.05) is 26.3 Å². The fourth-order valence-electron chi connectivity index (χ4n) is 3.96. The lowest BCUT2D eigenvalue weighted by atomic mass is 10.2. The first-order valence-corrected chi connectivity index (χ1v) is 11.8. The number of benzene rings is 2. The van der Waals surface area contributed by atoms with E-state index in [0.29, 0.717) is 31.5 Å². The minimum Gasteiger partial charge on any atom is -0.435 e. The number of hydrogen-bond donors (Lipinski definition) is 1. The molecule has 1 atom stereocenters. The Morgan fingerprint density at radius 3 is 2.69 bits per heavy atom. The normalized spacial score (nSPS) is 14.3. The number of aromatic nitrogens is 2. The maximum Gasteiger partial charge on any atom is 0.227 e. The smallest absolute Gasteiger partial charge is 0.227 e. The molecule has 186 valence electrons. The molecule has 4 rings (SSSR count). The summed E-state index contributed by atoms with van der Waals surface area (Å²) in [5.74, 6) is -0.612. The molecule has 0 aliphatic heterocycles. The van der Waals surface area contributed by atoms with Crippen LogP contribution in [0.4, 0.5) is 8.78 Å². The number of rotatable bonds is 13. The first-order chi connectivity index (χ1) is 16.9. The topological polar surface area (TPSA) is 59.8 Å². The van der Waals surface area contributed by atoms with Gasteiger partial charge in [-0.3, -0.25) is 4.90 Å². The van der Waals surface area contributed by atoms with E-state index in [9.17, 15) is 13.9 Å². The Morgan fingerprint density at radius 1 is 1.23 bits per heavy atom. The van der Waals surface area contributed by atoms with Crippen LogP contribution in [0.1, 0.15) is 24.1 Å². The number of ether oxygens (including phenoxy) is 2. The highest BCUT2D eigenvalue weighted by Gasteiger charge is 2.28. The van der Waals surface area contributed by atoms with Crippen molar-refractivity contribution in [2.24, 2.45) is 5.92 Å². The van der Waals surface area contributed by atoms with E-state index >= 15 is 0 Å². The highest BCUT2D eigenvalue weighted by atomic mass is 19.1. The second kappa shape index (κ2) is 11.6. The minimum atomic E-state index is -0.793. The van der Waals surface area contributed by atoms with Crippen LogP contribution in [0.2, 0.25) is 0 Å². The number of aliphatic hydroxyl groups is 1. The molecule has 0 radical (unpaired) electrons. The maximum absolute atomic E-state index is 14.5. The van der Waals surface area contributed by atoms with Crippen molar-refractivity contribution in [1.29, 1.82) is 0 Å². The Hall–Kier alpha value is -3.07. The summed E-state index contributed by atoms with van der Waals surface area (Å²) < 4.78 is 41.1. The third-order valence-corrected chi connectivity index (χ3v) is 5.85. The maximum atomic E-state index is 14.5. The van der Waals surface area contributed by atoms with E-state index in [1.54, 1.807) is 10.8 Å². The summed E-state index contributed by atoms with van der Waals surface area (Å²) in [6.45, 7) is 7.77. The number of nitrogens with zero attached hydrogens (tertiary/aromatic N) is 3. The van der Waals surface area contributed by atoms with Crippen molar-refractivity contribution in [3.8, 4) is 17.3 Å². The van der Waals surface area contributed by atoms with Gasteiger partial charge in [0.1, 0.15) is 5.82 Å². The van der Waals surface area contributed by atoms with Gasteiger partial charge in [0, 0.05) is 25.7 Å². The average Bonchev–Trinajstić information content (AvgIpc) is 3.60. The van der Waals surface area contributed by atoms with Crippen LogP contribution in [-0.2, 0) is 11.3 Å². The first kappa shape index (κ1) is 25.0. The third-order valence-electron chi connectivity index (χ3n) is 5.85. The molecule has 0 amide bonds. The van der Waals surface area contributed by atoms with Crippen molar-refractivity contribution < 1.29 is 23.4 Å². The van der Waals surface area contributed by atoms with Crippen LogP contribution < -0.4 is 4.74 Å². The van der Waals surface area contributed by atoms with Gasteiger partial charge < -0.3 is 14.6 Å². The molecule has 1 aromatic heterocycles. The van der Waals surface area contributed by atoms with Crippen molar-refractivity contribution >= 4 is 0 Å². The van der Waals surface area contributed by atoms with E-state index in [4.69, 9.17) is 9.47 Å². The van der Waals surface area contributed by atoms with E-state index in [0.717, 1.165) is 48.5 Å². The Kier molecular flexibility index (Phi) is 8.28. The summed E-state index contributed by atoms with van der Waals surface area (Å²) >= 11 is 0. The van der Waals surface area contributed by atoms with Gasteiger partial charge in [-0.25, -0.2) is 13.5 Å². The highest BCUT2D eigenvalue weighted by Crippen LogP contribution is 2.35. The molecule has 1 saturated carbocycles. The summed E-state index contributed by atoms with van der Waals surface area (Å²) in [4.78, 5) is 2.16. The van der Waals surface area contributed by atoms with E-state index in [1.165, 1.54) is 6.07 Å². The summed E-state index contributed by atoms with van der Waals surface area (Å²) in [6, 6.07) is 12.7. The van der Waals surface area contributed by atoms with E-state index < -0.39 is 17.7 Å². The molecule has 3 aromatic rings. The molecule has 1 N–H and O–H groups in total. The second-order valence-electron chi connectivity index (χ2n) is 8.91. The Morgan fingerprint density at radius 2 is 2.00 bits per heavy atom. The number of aliphatic hydroxyl groups excluding tert-OH is 1.